The molecule has 1 N–H and O–H groups in total. The van der Waals surface area contributed by atoms with Crippen LogP contribution in [0.5, 0.6) is 0 Å². The van der Waals surface area contributed by atoms with E-state index in [0.29, 0.717) is 17.7 Å². The lowest BCUT2D eigenvalue weighted by Crippen LogP contribution is -2.05. The Hall–Kier alpha value is -1.52. The number of alkyl halides is 3. The number of halogens is 3. The van der Waals surface area contributed by atoms with E-state index in [1.807, 2.05) is 0 Å². The van der Waals surface area contributed by atoms with E-state index in [1.165, 1.54) is 12.1 Å². The van der Waals surface area contributed by atoms with Crippen LogP contribution in [-0.4, -0.2) is 10.9 Å². The summed E-state index contributed by atoms with van der Waals surface area (Å²) in [5.74, 6) is 0. The van der Waals surface area contributed by atoms with Crippen LogP contribution in [0.2, 0.25) is 0 Å². The molecular formula is C10H10F3NO. The molecule has 0 aliphatic rings. The van der Waals surface area contributed by atoms with Crippen molar-refractivity contribution in [2.24, 2.45) is 5.16 Å². The second kappa shape index (κ2) is 4.33. The third-order valence-electron chi connectivity index (χ3n) is 1.91. The van der Waals surface area contributed by atoms with Crippen LogP contribution in [0, 0.1) is 0 Å². The molecule has 0 saturated carbocycles. The number of oxime groups is 1. The molecular weight excluding hydrogens is 207 g/mol. The number of benzene rings is 1. The molecule has 0 aliphatic carbocycles. The maximum absolute atomic E-state index is 12.2. The highest BCUT2D eigenvalue weighted by molar-refractivity contribution is 5.83. The zero-order chi connectivity index (χ0) is 11.5. The van der Waals surface area contributed by atoms with E-state index in [-0.39, 0.29) is 0 Å². The molecule has 0 heterocycles. The van der Waals surface area contributed by atoms with Gasteiger partial charge < -0.3 is 5.21 Å². The monoisotopic (exact) mass is 217 g/mol. The molecule has 0 fully saturated rings. The summed E-state index contributed by atoms with van der Waals surface area (Å²) in [6, 6.07) is 4.77. The summed E-state index contributed by atoms with van der Waals surface area (Å²) in [5, 5.41) is 11.3. The van der Waals surface area contributed by atoms with Gasteiger partial charge in [0.2, 0.25) is 0 Å². The van der Waals surface area contributed by atoms with Crippen molar-refractivity contribution in [3.8, 4) is 0 Å². The summed E-state index contributed by atoms with van der Waals surface area (Å²) in [6.07, 6.45) is -3.97. The SMILES string of the molecule is C/C(Cc1ccc(C(F)(F)F)cc1)=N\O. The highest BCUT2D eigenvalue weighted by atomic mass is 19.4. The van der Waals surface area contributed by atoms with Gasteiger partial charge in [-0.1, -0.05) is 17.3 Å². The van der Waals surface area contributed by atoms with Crippen LogP contribution in [0.3, 0.4) is 0 Å². The topological polar surface area (TPSA) is 32.6 Å². The van der Waals surface area contributed by atoms with Crippen LogP contribution in [-0.2, 0) is 12.6 Å². The first kappa shape index (κ1) is 11.6. The Balaban J connectivity index is 2.82. The summed E-state index contributed by atoms with van der Waals surface area (Å²) in [6.45, 7) is 1.59. The molecule has 0 radical (unpaired) electrons. The van der Waals surface area contributed by atoms with Crippen molar-refractivity contribution in [3.05, 3.63) is 35.4 Å². The Morgan fingerprint density at radius 2 is 1.80 bits per heavy atom. The molecule has 0 spiro atoms. The summed E-state index contributed by atoms with van der Waals surface area (Å²) < 4.78 is 36.6. The normalized spacial score (nSPS) is 12.9. The smallest absolute Gasteiger partial charge is 0.411 e. The first-order valence-corrected chi connectivity index (χ1v) is 4.27. The fourth-order valence-corrected chi connectivity index (χ4v) is 1.14. The second-order valence-corrected chi connectivity index (χ2v) is 3.21. The van der Waals surface area contributed by atoms with Crippen LogP contribution < -0.4 is 0 Å². The number of hydrogen-bond acceptors (Lipinski definition) is 2. The molecule has 15 heavy (non-hydrogen) atoms. The van der Waals surface area contributed by atoms with Gasteiger partial charge in [-0.2, -0.15) is 13.2 Å². The van der Waals surface area contributed by atoms with Crippen LogP contribution in [0.4, 0.5) is 13.2 Å². The van der Waals surface area contributed by atoms with Crippen molar-refractivity contribution in [2.75, 3.05) is 0 Å². The average molecular weight is 217 g/mol. The maximum Gasteiger partial charge on any atom is 0.416 e. The van der Waals surface area contributed by atoms with Gasteiger partial charge in [0.05, 0.1) is 11.3 Å². The second-order valence-electron chi connectivity index (χ2n) is 3.21. The zero-order valence-electron chi connectivity index (χ0n) is 8.04. The van der Waals surface area contributed by atoms with Gasteiger partial charge in [-0.15, -0.1) is 0 Å². The highest BCUT2D eigenvalue weighted by Crippen LogP contribution is 2.29. The van der Waals surface area contributed by atoms with Gasteiger partial charge in [0.25, 0.3) is 0 Å². The lowest BCUT2D eigenvalue weighted by Gasteiger charge is -2.07. The lowest BCUT2D eigenvalue weighted by atomic mass is 10.1. The Labute approximate surface area is 85.0 Å². The molecule has 5 heteroatoms. The molecule has 1 aromatic carbocycles. The van der Waals surface area contributed by atoms with E-state index in [9.17, 15) is 13.2 Å². The van der Waals surface area contributed by atoms with Gasteiger partial charge >= 0.3 is 6.18 Å². The van der Waals surface area contributed by atoms with Crippen molar-refractivity contribution in [1.82, 2.24) is 0 Å². The van der Waals surface area contributed by atoms with Crippen LogP contribution in [0.25, 0.3) is 0 Å². The Bertz CT molecular complexity index is 354. The lowest BCUT2D eigenvalue weighted by molar-refractivity contribution is -0.137. The van der Waals surface area contributed by atoms with E-state index in [2.05, 4.69) is 5.16 Å². The Morgan fingerprint density at radius 1 is 1.27 bits per heavy atom. The molecule has 0 aliphatic heterocycles. The summed E-state index contributed by atoms with van der Waals surface area (Å²) in [4.78, 5) is 0. The van der Waals surface area contributed by atoms with E-state index in [1.54, 1.807) is 6.92 Å². The third-order valence-corrected chi connectivity index (χ3v) is 1.91. The fraction of sp³-hybridized carbons (Fsp3) is 0.300. The average Bonchev–Trinajstić information content (AvgIpc) is 2.17. The largest absolute Gasteiger partial charge is 0.416 e. The standard InChI is InChI=1S/C10H10F3NO/c1-7(14-15)6-8-2-4-9(5-3-8)10(11,12)13/h2-5,15H,6H2,1H3/b14-7+. The first-order chi connectivity index (χ1) is 6.93. The summed E-state index contributed by atoms with van der Waals surface area (Å²) in [5.41, 5.74) is 0.456. The number of hydrogen-bond donors (Lipinski definition) is 1. The molecule has 0 unspecified atom stereocenters. The van der Waals surface area contributed by atoms with E-state index < -0.39 is 11.7 Å². The predicted molar refractivity (Wildman–Crippen MR) is 50.0 cm³/mol. The van der Waals surface area contributed by atoms with Gasteiger partial charge in [0.15, 0.2) is 0 Å². The van der Waals surface area contributed by atoms with Gasteiger partial charge in [-0.05, 0) is 24.6 Å². The van der Waals surface area contributed by atoms with Crippen molar-refractivity contribution < 1.29 is 18.4 Å². The minimum Gasteiger partial charge on any atom is -0.411 e. The molecule has 1 rings (SSSR count). The minimum absolute atomic E-state index is 0.342. The van der Waals surface area contributed by atoms with Crippen molar-refractivity contribution in [3.63, 3.8) is 0 Å². The molecule has 0 bridgehead atoms. The van der Waals surface area contributed by atoms with Gasteiger partial charge in [-0.3, -0.25) is 0 Å². The van der Waals surface area contributed by atoms with Crippen molar-refractivity contribution in [2.45, 2.75) is 19.5 Å². The van der Waals surface area contributed by atoms with E-state index in [4.69, 9.17) is 5.21 Å². The highest BCUT2D eigenvalue weighted by Gasteiger charge is 2.29. The quantitative estimate of drug-likeness (QED) is 0.461. The molecule has 0 atom stereocenters. The maximum atomic E-state index is 12.2. The van der Waals surface area contributed by atoms with Crippen LogP contribution >= 0.6 is 0 Å². The van der Waals surface area contributed by atoms with Gasteiger partial charge in [0, 0.05) is 6.42 Å². The molecule has 82 valence electrons. The first-order valence-electron chi connectivity index (χ1n) is 4.27. The summed E-state index contributed by atoms with van der Waals surface area (Å²) in [7, 11) is 0. The molecule has 0 amide bonds. The van der Waals surface area contributed by atoms with Crippen molar-refractivity contribution in [1.29, 1.82) is 0 Å². The van der Waals surface area contributed by atoms with Gasteiger partial charge in [-0.25, -0.2) is 0 Å². The third kappa shape index (κ3) is 3.27. The molecule has 1 aromatic rings. The number of nitrogens with zero attached hydrogens (tertiary/aromatic N) is 1. The van der Waals surface area contributed by atoms with Crippen molar-refractivity contribution >= 4 is 5.71 Å². The Morgan fingerprint density at radius 3 is 2.20 bits per heavy atom. The Kier molecular flexibility index (Phi) is 3.34. The molecule has 0 aromatic heterocycles. The van der Waals surface area contributed by atoms with Gasteiger partial charge in [0.1, 0.15) is 0 Å². The minimum atomic E-state index is -4.31. The van der Waals surface area contributed by atoms with E-state index >= 15 is 0 Å². The summed E-state index contributed by atoms with van der Waals surface area (Å²) >= 11 is 0. The predicted octanol–water partition coefficient (Wildman–Crippen LogP) is 3.10. The van der Waals surface area contributed by atoms with E-state index in [0.717, 1.165) is 12.1 Å². The fourth-order valence-electron chi connectivity index (χ4n) is 1.14. The molecule has 2 nitrogen and oxygen atoms in total. The molecule has 0 saturated heterocycles. The van der Waals surface area contributed by atoms with Crippen LogP contribution in [0.1, 0.15) is 18.1 Å². The van der Waals surface area contributed by atoms with Crippen LogP contribution in [0.15, 0.2) is 29.4 Å². The zero-order valence-corrected chi connectivity index (χ0v) is 8.04. The number of rotatable bonds is 2.